The molecule has 32 heavy (non-hydrogen) atoms. The van der Waals surface area contributed by atoms with E-state index in [2.05, 4.69) is 63.2 Å². The van der Waals surface area contributed by atoms with Gasteiger partial charge in [-0.15, -0.1) is 0 Å². The fourth-order valence-corrected chi connectivity index (χ4v) is 5.67. The van der Waals surface area contributed by atoms with Gasteiger partial charge in [0.1, 0.15) is 0 Å². The lowest BCUT2D eigenvalue weighted by atomic mass is 9.76. The van der Waals surface area contributed by atoms with Gasteiger partial charge >= 0.3 is 0 Å². The maximum Gasteiger partial charge on any atom is 0.183 e. The van der Waals surface area contributed by atoms with Crippen LogP contribution in [0.1, 0.15) is 101 Å². The van der Waals surface area contributed by atoms with Crippen molar-refractivity contribution >= 4 is 0 Å². The molecule has 0 radical (unpaired) electrons. The SMILES string of the molecule is CCCCC1CCC(c2ccc(-c3ccc(C4OCC(CCC)CO4)cc3)c(C)c2)CC1. The van der Waals surface area contributed by atoms with Crippen LogP contribution in [0.25, 0.3) is 11.1 Å². The van der Waals surface area contributed by atoms with Crippen molar-refractivity contribution in [3.05, 3.63) is 59.2 Å². The zero-order valence-corrected chi connectivity index (χ0v) is 20.4. The predicted octanol–water partition coefficient (Wildman–Crippen LogP) is 8.59. The summed E-state index contributed by atoms with van der Waals surface area (Å²) in [6.45, 7) is 8.41. The second-order valence-corrected chi connectivity index (χ2v) is 10.2. The van der Waals surface area contributed by atoms with Crippen molar-refractivity contribution in [2.24, 2.45) is 11.8 Å². The first-order chi connectivity index (χ1) is 15.7. The minimum atomic E-state index is -0.215. The number of unbranched alkanes of at least 4 members (excludes halogenated alkanes) is 1. The van der Waals surface area contributed by atoms with Gasteiger partial charge in [-0.05, 0) is 73.1 Å². The van der Waals surface area contributed by atoms with Gasteiger partial charge in [0.25, 0.3) is 0 Å². The fourth-order valence-electron chi connectivity index (χ4n) is 5.67. The van der Waals surface area contributed by atoms with Gasteiger partial charge in [0.05, 0.1) is 13.2 Å². The second-order valence-electron chi connectivity index (χ2n) is 10.2. The van der Waals surface area contributed by atoms with Crippen LogP contribution in [0.3, 0.4) is 0 Å². The molecule has 1 saturated carbocycles. The van der Waals surface area contributed by atoms with E-state index in [-0.39, 0.29) is 6.29 Å². The molecule has 0 aromatic heterocycles. The Kier molecular flexibility index (Phi) is 8.43. The first kappa shape index (κ1) is 23.5. The minimum Gasteiger partial charge on any atom is -0.348 e. The molecule has 1 aliphatic carbocycles. The van der Waals surface area contributed by atoms with Gasteiger partial charge < -0.3 is 9.47 Å². The Labute approximate surface area is 195 Å². The van der Waals surface area contributed by atoms with E-state index in [1.54, 1.807) is 5.56 Å². The van der Waals surface area contributed by atoms with E-state index in [9.17, 15) is 0 Å². The third-order valence-electron chi connectivity index (χ3n) is 7.69. The van der Waals surface area contributed by atoms with Crippen LogP contribution in [0.4, 0.5) is 0 Å². The summed E-state index contributed by atoms with van der Waals surface area (Å²) >= 11 is 0. The molecule has 4 rings (SSSR count). The van der Waals surface area contributed by atoms with E-state index in [0.29, 0.717) is 5.92 Å². The minimum absolute atomic E-state index is 0.215. The lowest BCUT2D eigenvalue weighted by Gasteiger charge is -2.29. The fraction of sp³-hybridized carbons (Fsp3) is 0.600. The van der Waals surface area contributed by atoms with Crippen LogP contribution < -0.4 is 0 Å². The van der Waals surface area contributed by atoms with Crippen LogP contribution in [0.15, 0.2) is 42.5 Å². The first-order valence-electron chi connectivity index (χ1n) is 13.1. The monoisotopic (exact) mass is 434 g/mol. The summed E-state index contributed by atoms with van der Waals surface area (Å²) in [6, 6.07) is 16.0. The van der Waals surface area contributed by atoms with Crippen LogP contribution in [0.5, 0.6) is 0 Å². The van der Waals surface area contributed by atoms with Gasteiger partial charge in [-0.25, -0.2) is 0 Å². The molecule has 0 spiro atoms. The molecule has 0 atom stereocenters. The average Bonchev–Trinajstić information content (AvgIpc) is 2.84. The summed E-state index contributed by atoms with van der Waals surface area (Å²) < 4.78 is 12.0. The predicted molar refractivity (Wildman–Crippen MR) is 134 cm³/mol. The third kappa shape index (κ3) is 5.83. The van der Waals surface area contributed by atoms with Gasteiger partial charge in [0.2, 0.25) is 0 Å². The summed E-state index contributed by atoms with van der Waals surface area (Å²) in [5.41, 5.74) is 6.67. The molecule has 1 heterocycles. The molecule has 0 unspecified atom stereocenters. The zero-order valence-electron chi connectivity index (χ0n) is 20.4. The Morgan fingerprint density at radius 2 is 1.44 bits per heavy atom. The highest BCUT2D eigenvalue weighted by atomic mass is 16.7. The number of aryl methyl sites for hydroxylation is 1. The molecule has 2 aliphatic rings. The number of benzene rings is 2. The highest BCUT2D eigenvalue weighted by Gasteiger charge is 2.24. The van der Waals surface area contributed by atoms with Gasteiger partial charge in [-0.3, -0.25) is 0 Å². The lowest BCUT2D eigenvalue weighted by molar-refractivity contribution is -0.206. The maximum atomic E-state index is 5.99. The molecular formula is C30H42O2. The summed E-state index contributed by atoms with van der Waals surface area (Å²) in [5, 5.41) is 0. The molecular weight excluding hydrogens is 392 g/mol. The molecule has 2 aromatic rings. The number of hydrogen-bond acceptors (Lipinski definition) is 2. The molecule has 174 valence electrons. The van der Waals surface area contributed by atoms with Gasteiger partial charge in [0.15, 0.2) is 6.29 Å². The molecule has 2 heteroatoms. The van der Waals surface area contributed by atoms with E-state index in [1.807, 2.05) is 0 Å². The Bertz CT molecular complexity index is 824. The number of ether oxygens (including phenoxy) is 2. The number of rotatable bonds is 8. The Morgan fingerprint density at radius 3 is 2.06 bits per heavy atom. The van der Waals surface area contributed by atoms with E-state index in [1.165, 1.54) is 74.5 Å². The van der Waals surface area contributed by atoms with Crippen LogP contribution in [0.2, 0.25) is 0 Å². The van der Waals surface area contributed by atoms with Crippen LogP contribution in [-0.2, 0) is 9.47 Å². The molecule has 0 bridgehead atoms. The largest absolute Gasteiger partial charge is 0.348 e. The van der Waals surface area contributed by atoms with Crippen LogP contribution in [0, 0.1) is 18.8 Å². The molecule has 2 nitrogen and oxygen atoms in total. The van der Waals surface area contributed by atoms with Crippen molar-refractivity contribution in [3.63, 3.8) is 0 Å². The van der Waals surface area contributed by atoms with Crippen molar-refractivity contribution in [3.8, 4) is 11.1 Å². The van der Waals surface area contributed by atoms with Crippen molar-refractivity contribution in [2.45, 2.75) is 90.8 Å². The zero-order chi connectivity index (χ0) is 22.3. The molecule has 0 amide bonds. The Hall–Kier alpha value is -1.64. The highest BCUT2D eigenvalue weighted by molar-refractivity contribution is 5.68. The quantitative estimate of drug-likeness (QED) is 0.414. The standard InChI is InChI=1S/C30H42O2/c1-4-6-8-23-9-11-25(12-10-23)28-17-18-29(22(3)19-28)26-13-15-27(16-14-26)30-31-20-24(7-5-2)21-32-30/h13-19,23-25,30H,4-12,20-21H2,1-3H3. The van der Waals surface area contributed by atoms with E-state index < -0.39 is 0 Å². The summed E-state index contributed by atoms with van der Waals surface area (Å²) in [6.07, 6.45) is 11.9. The van der Waals surface area contributed by atoms with Gasteiger partial charge in [-0.1, -0.05) is 82.0 Å². The average molecular weight is 435 g/mol. The van der Waals surface area contributed by atoms with Crippen molar-refractivity contribution in [1.29, 1.82) is 0 Å². The van der Waals surface area contributed by atoms with Gasteiger partial charge in [-0.2, -0.15) is 0 Å². The van der Waals surface area contributed by atoms with Crippen LogP contribution >= 0.6 is 0 Å². The summed E-state index contributed by atoms with van der Waals surface area (Å²) in [4.78, 5) is 0. The number of hydrogen-bond donors (Lipinski definition) is 0. The van der Waals surface area contributed by atoms with Crippen LogP contribution in [-0.4, -0.2) is 13.2 Å². The summed E-state index contributed by atoms with van der Waals surface area (Å²) in [7, 11) is 0. The van der Waals surface area contributed by atoms with Gasteiger partial charge in [0, 0.05) is 11.5 Å². The van der Waals surface area contributed by atoms with E-state index >= 15 is 0 Å². The van der Waals surface area contributed by atoms with Crippen molar-refractivity contribution < 1.29 is 9.47 Å². The van der Waals surface area contributed by atoms with E-state index in [4.69, 9.17) is 9.47 Å². The Balaban J connectivity index is 1.36. The first-order valence-corrected chi connectivity index (χ1v) is 13.1. The molecule has 2 fully saturated rings. The van der Waals surface area contributed by atoms with Crippen molar-refractivity contribution in [2.75, 3.05) is 13.2 Å². The lowest BCUT2D eigenvalue weighted by Crippen LogP contribution is -2.26. The van der Waals surface area contributed by atoms with Crippen molar-refractivity contribution in [1.82, 2.24) is 0 Å². The topological polar surface area (TPSA) is 18.5 Å². The van der Waals surface area contributed by atoms with E-state index in [0.717, 1.165) is 30.6 Å². The normalized spacial score (nSPS) is 26.2. The second kappa shape index (κ2) is 11.5. The molecule has 2 aromatic carbocycles. The maximum absolute atomic E-state index is 5.99. The molecule has 1 aliphatic heterocycles. The summed E-state index contributed by atoms with van der Waals surface area (Å²) in [5.74, 6) is 2.27. The Morgan fingerprint density at radius 1 is 0.750 bits per heavy atom. The molecule has 1 saturated heterocycles. The third-order valence-corrected chi connectivity index (χ3v) is 7.69. The smallest absolute Gasteiger partial charge is 0.183 e. The highest BCUT2D eigenvalue weighted by Crippen LogP contribution is 2.39. The molecule has 0 N–H and O–H groups in total.